The van der Waals surface area contributed by atoms with Gasteiger partial charge < -0.3 is 15.4 Å². The van der Waals surface area contributed by atoms with Crippen molar-refractivity contribution in [3.05, 3.63) is 35.9 Å². The molecular formula is C19H32IN3OS. The minimum atomic E-state index is 0. The number of nitrogens with zero attached hydrogens (tertiary/aromatic N) is 1. The average Bonchev–Trinajstić information content (AvgIpc) is 2.63. The Kier molecular flexibility index (Phi) is 9.59. The zero-order valence-corrected chi connectivity index (χ0v) is 18.9. The van der Waals surface area contributed by atoms with E-state index in [9.17, 15) is 0 Å². The fourth-order valence-electron chi connectivity index (χ4n) is 2.96. The van der Waals surface area contributed by atoms with Gasteiger partial charge in [0.15, 0.2) is 5.96 Å². The van der Waals surface area contributed by atoms with E-state index in [4.69, 9.17) is 4.74 Å². The Morgan fingerprint density at radius 3 is 2.40 bits per heavy atom. The second-order valence-corrected chi connectivity index (χ2v) is 8.52. The molecule has 1 aliphatic heterocycles. The minimum absolute atomic E-state index is 0. The van der Waals surface area contributed by atoms with Crippen molar-refractivity contribution in [1.82, 2.24) is 10.6 Å². The first-order chi connectivity index (χ1) is 11.5. The number of rotatable bonds is 6. The van der Waals surface area contributed by atoms with Crippen LogP contribution in [0.2, 0.25) is 0 Å². The van der Waals surface area contributed by atoms with Gasteiger partial charge in [0, 0.05) is 43.5 Å². The van der Waals surface area contributed by atoms with E-state index >= 15 is 0 Å². The fourth-order valence-corrected chi connectivity index (χ4v) is 3.18. The maximum absolute atomic E-state index is 5.61. The largest absolute Gasteiger partial charge is 0.381 e. The standard InChI is InChI=1S/C19H31N3OS.HI/c1-18(2,24-4)14-21-17(20-3)22-15-19(10-12-23-13-11-19)16-8-6-5-7-9-16;/h5-9H,10-15H2,1-4H3,(H2,20,21,22);1H. The summed E-state index contributed by atoms with van der Waals surface area (Å²) in [5, 5.41) is 7.00. The molecule has 1 aromatic carbocycles. The van der Waals surface area contributed by atoms with E-state index in [0.29, 0.717) is 0 Å². The maximum atomic E-state index is 5.61. The van der Waals surface area contributed by atoms with Gasteiger partial charge in [-0.3, -0.25) is 4.99 Å². The number of guanidine groups is 1. The molecule has 0 atom stereocenters. The van der Waals surface area contributed by atoms with E-state index in [1.54, 1.807) is 0 Å². The second-order valence-electron chi connectivity index (χ2n) is 7.00. The summed E-state index contributed by atoms with van der Waals surface area (Å²) in [4.78, 5) is 4.39. The number of hydrogen-bond donors (Lipinski definition) is 2. The number of hydrogen-bond acceptors (Lipinski definition) is 3. The normalized spacial score (nSPS) is 17.5. The molecule has 0 bridgehead atoms. The lowest BCUT2D eigenvalue weighted by Gasteiger charge is -2.38. The van der Waals surface area contributed by atoms with Gasteiger partial charge in [0.05, 0.1) is 0 Å². The van der Waals surface area contributed by atoms with Crippen LogP contribution < -0.4 is 10.6 Å². The Bertz CT molecular complexity index is 531. The van der Waals surface area contributed by atoms with Gasteiger partial charge in [-0.1, -0.05) is 30.3 Å². The van der Waals surface area contributed by atoms with Crippen LogP contribution in [0, 0.1) is 0 Å². The molecule has 1 fully saturated rings. The van der Waals surface area contributed by atoms with Crippen molar-refractivity contribution in [2.75, 3.05) is 39.6 Å². The summed E-state index contributed by atoms with van der Waals surface area (Å²) in [5.74, 6) is 0.874. The highest BCUT2D eigenvalue weighted by Gasteiger charge is 2.34. The van der Waals surface area contributed by atoms with E-state index in [1.807, 2.05) is 18.8 Å². The van der Waals surface area contributed by atoms with Gasteiger partial charge in [-0.15, -0.1) is 24.0 Å². The SMILES string of the molecule is CN=C(NCC(C)(C)SC)NCC1(c2ccccc2)CCOCC1.I. The molecule has 0 unspecified atom stereocenters. The third kappa shape index (κ3) is 6.64. The van der Waals surface area contributed by atoms with Gasteiger partial charge in [-0.05, 0) is 38.5 Å². The maximum Gasteiger partial charge on any atom is 0.191 e. The molecule has 0 amide bonds. The summed E-state index contributed by atoms with van der Waals surface area (Å²) >= 11 is 1.86. The number of aliphatic imine (C=N–C) groups is 1. The molecule has 1 aliphatic rings. The third-order valence-corrected chi connectivity index (χ3v) is 6.14. The highest BCUT2D eigenvalue weighted by molar-refractivity contribution is 14.0. The van der Waals surface area contributed by atoms with Crippen molar-refractivity contribution < 1.29 is 4.74 Å². The van der Waals surface area contributed by atoms with Gasteiger partial charge >= 0.3 is 0 Å². The van der Waals surface area contributed by atoms with Crippen LogP contribution in [0.5, 0.6) is 0 Å². The highest BCUT2D eigenvalue weighted by Crippen LogP contribution is 2.34. The summed E-state index contributed by atoms with van der Waals surface area (Å²) in [7, 11) is 1.83. The molecule has 0 spiro atoms. The molecule has 1 heterocycles. The summed E-state index contributed by atoms with van der Waals surface area (Å²) in [5.41, 5.74) is 1.51. The topological polar surface area (TPSA) is 45.7 Å². The van der Waals surface area contributed by atoms with Crippen molar-refractivity contribution in [2.45, 2.75) is 36.9 Å². The Labute approximate surface area is 174 Å². The van der Waals surface area contributed by atoms with Crippen LogP contribution in [0.3, 0.4) is 0 Å². The molecule has 4 nitrogen and oxygen atoms in total. The van der Waals surface area contributed by atoms with E-state index < -0.39 is 0 Å². The van der Waals surface area contributed by atoms with Crippen LogP contribution in [0.4, 0.5) is 0 Å². The Hall–Kier alpha value is -0.470. The predicted octanol–water partition coefficient (Wildman–Crippen LogP) is 3.66. The van der Waals surface area contributed by atoms with Gasteiger partial charge in [-0.25, -0.2) is 0 Å². The van der Waals surface area contributed by atoms with Crippen molar-refractivity contribution in [3.8, 4) is 0 Å². The lowest BCUT2D eigenvalue weighted by Crippen LogP contribution is -2.49. The minimum Gasteiger partial charge on any atom is -0.381 e. The molecule has 0 radical (unpaired) electrons. The fraction of sp³-hybridized carbons (Fsp3) is 0.632. The molecular weight excluding hydrogens is 445 g/mol. The predicted molar refractivity (Wildman–Crippen MR) is 121 cm³/mol. The number of ether oxygens (including phenoxy) is 1. The number of halogens is 1. The molecule has 0 aliphatic carbocycles. The summed E-state index contributed by atoms with van der Waals surface area (Å²) in [6.07, 6.45) is 4.22. The zero-order valence-electron chi connectivity index (χ0n) is 15.8. The van der Waals surface area contributed by atoms with E-state index in [0.717, 1.165) is 45.1 Å². The summed E-state index contributed by atoms with van der Waals surface area (Å²) < 4.78 is 5.80. The average molecular weight is 477 g/mol. The third-order valence-electron chi connectivity index (χ3n) is 4.89. The van der Waals surface area contributed by atoms with Crippen molar-refractivity contribution in [2.24, 2.45) is 4.99 Å². The number of thioether (sulfide) groups is 1. The van der Waals surface area contributed by atoms with Crippen LogP contribution in [-0.2, 0) is 10.2 Å². The first-order valence-corrected chi connectivity index (χ1v) is 9.87. The Morgan fingerprint density at radius 1 is 1.20 bits per heavy atom. The van der Waals surface area contributed by atoms with Crippen molar-refractivity contribution >= 4 is 41.7 Å². The first kappa shape index (κ1) is 22.6. The zero-order chi connectivity index (χ0) is 17.5. The highest BCUT2D eigenvalue weighted by atomic mass is 127. The van der Waals surface area contributed by atoms with Gasteiger partial charge in [0.1, 0.15) is 0 Å². The van der Waals surface area contributed by atoms with E-state index in [2.05, 4.69) is 66.1 Å². The van der Waals surface area contributed by atoms with Crippen molar-refractivity contribution in [1.29, 1.82) is 0 Å². The molecule has 25 heavy (non-hydrogen) atoms. The first-order valence-electron chi connectivity index (χ1n) is 8.64. The number of benzene rings is 1. The van der Waals surface area contributed by atoms with Crippen molar-refractivity contribution in [3.63, 3.8) is 0 Å². The second kappa shape index (κ2) is 10.6. The smallest absolute Gasteiger partial charge is 0.191 e. The van der Waals surface area contributed by atoms with Gasteiger partial charge in [0.25, 0.3) is 0 Å². The molecule has 1 saturated heterocycles. The Balaban J connectivity index is 0.00000312. The van der Waals surface area contributed by atoms with Crippen LogP contribution in [0.1, 0.15) is 32.3 Å². The monoisotopic (exact) mass is 477 g/mol. The van der Waals surface area contributed by atoms with Gasteiger partial charge in [-0.2, -0.15) is 11.8 Å². The molecule has 1 aromatic rings. The molecule has 0 aromatic heterocycles. The van der Waals surface area contributed by atoms with Crippen LogP contribution >= 0.6 is 35.7 Å². The summed E-state index contributed by atoms with van der Waals surface area (Å²) in [6, 6.07) is 10.8. The van der Waals surface area contributed by atoms with E-state index in [-0.39, 0.29) is 34.1 Å². The number of nitrogens with one attached hydrogen (secondary N) is 2. The van der Waals surface area contributed by atoms with Gasteiger partial charge in [0.2, 0.25) is 0 Å². The molecule has 0 saturated carbocycles. The van der Waals surface area contributed by atoms with Crippen LogP contribution in [0.25, 0.3) is 0 Å². The molecule has 2 rings (SSSR count). The quantitative estimate of drug-likeness (QED) is 0.373. The molecule has 2 N–H and O–H groups in total. The lowest BCUT2D eigenvalue weighted by molar-refractivity contribution is 0.0514. The lowest BCUT2D eigenvalue weighted by atomic mass is 9.74. The van der Waals surface area contributed by atoms with E-state index in [1.165, 1.54) is 5.56 Å². The van der Waals surface area contributed by atoms with Crippen LogP contribution in [0.15, 0.2) is 35.3 Å². The molecule has 142 valence electrons. The van der Waals surface area contributed by atoms with Crippen LogP contribution in [-0.4, -0.2) is 50.3 Å². The molecule has 6 heteroatoms. The Morgan fingerprint density at radius 2 is 1.84 bits per heavy atom. The summed E-state index contributed by atoms with van der Waals surface area (Å²) in [6.45, 7) is 7.88.